The lowest BCUT2D eigenvalue weighted by atomic mass is 10.0. The fourth-order valence-electron chi connectivity index (χ4n) is 2.61. The molecule has 0 unspecified atom stereocenters. The monoisotopic (exact) mass is 604 g/mol. The highest BCUT2D eigenvalue weighted by molar-refractivity contribution is 14.1. The summed E-state index contributed by atoms with van der Waals surface area (Å²) in [6.45, 7) is 3.92. The number of aryl methyl sites for hydroxylation is 2. The van der Waals surface area contributed by atoms with Gasteiger partial charge in [-0.15, -0.1) is 0 Å². The van der Waals surface area contributed by atoms with Gasteiger partial charge >= 0.3 is 0 Å². The Balaban J connectivity index is 2.09. The predicted molar refractivity (Wildman–Crippen MR) is 126 cm³/mol. The molecular weight excluding hydrogens is 590 g/mol. The number of phenolic OH excluding ortho intramolecular Hbond substituents is 1. The Hall–Kier alpha value is -1.53. The Morgan fingerprint density at radius 1 is 1.11 bits per heavy atom. The zero-order chi connectivity index (χ0) is 19.9. The number of hydrogen-bond acceptors (Lipinski definition) is 4. The second-order valence-electron chi connectivity index (χ2n) is 6.05. The Morgan fingerprint density at radius 3 is 2.48 bits per heavy atom. The summed E-state index contributed by atoms with van der Waals surface area (Å²) in [6, 6.07) is 9.04. The highest BCUT2D eigenvalue weighted by atomic mass is 127. The molecule has 0 spiro atoms. The maximum absolute atomic E-state index is 13.1. The van der Waals surface area contributed by atoms with Gasteiger partial charge in [-0.05, 0) is 113 Å². The number of phenols is 1. The number of nitrogens with zero attached hydrogens (tertiary/aromatic N) is 1. The van der Waals surface area contributed by atoms with Crippen LogP contribution in [0.4, 0.5) is 5.69 Å². The van der Waals surface area contributed by atoms with Crippen LogP contribution in [0, 0.1) is 21.0 Å². The molecule has 138 valence electrons. The molecule has 2 aromatic carbocycles. The van der Waals surface area contributed by atoms with Gasteiger partial charge in [-0.3, -0.25) is 19.8 Å². The number of aromatic hydroxyl groups is 1. The van der Waals surface area contributed by atoms with Gasteiger partial charge in [-0.1, -0.05) is 6.07 Å². The van der Waals surface area contributed by atoms with Gasteiger partial charge in [0.05, 0.1) is 9.26 Å². The fraction of sp³-hybridized carbons (Fsp3) is 0.105. The molecule has 2 aromatic rings. The van der Waals surface area contributed by atoms with Crippen LogP contribution >= 0.6 is 57.4 Å². The average molecular weight is 604 g/mol. The average Bonchev–Trinajstić information content (AvgIpc) is 2.58. The highest BCUT2D eigenvalue weighted by Gasteiger charge is 2.34. The normalized spacial score (nSPS) is 16.1. The van der Waals surface area contributed by atoms with Crippen molar-refractivity contribution in [3.05, 3.63) is 59.7 Å². The van der Waals surface area contributed by atoms with Gasteiger partial charge in [0, 0.05) is 9.13 Å². The number of halogens is 2. The summed E-state index contributed by atoms with van der Waals surface area (Å²) in [7, 11) is 0. The largest absolute Gasteiger partial charge is 0.506 e. The second-order valence-corrected chi connectivity index (χ2v) is 8.85. The van der Waals surface area contributed by atoms with Crippen molar-refractivity contribution >= 4 is 86.1 Å². The fourth-order valence-corrected chi connectivity index (χ4v) is 4.78. The maximum atomic E-state index is 13.1. The summed E-state index contributed by atoms with van der Waals surface area (Å²) in [5.74, 6) is -1.09. The van der Waals surface area contributed by atoms with Crippen LogP contribution in [0.2, 0.25) is 0 Å². The van der Waals surface area contributed by atoms with Crippen LogP contribution < -0.4 is 10.2 Å². The predicted octanol–water partition coefficient (Wildman–Crippen LogP) is 4.05. The summed E-state index contributed by atoms with van der Waals surface area (Å²) in [4.78, 5) is 26.7. The lowest BCUT2D eigenvalue weighted by Gasteiger charge is -2.29. The van der Waals surface area contributed by atoms with Crippen molar-refractivity contribution in [3.63, 3.8) is 0 Å². The number of hydrogen-bond donors (Lipinski definition) is 2. The third-order valence-corrected chi connectivity index (χ3v) is 5.94. The molecule has 0 atom stereocenters. The first-order valence-electron chi connectivity index (χ1n) is 7.85. The number of benzene rings is 2. The summed E-state index contributed by atoms with van der Waals surface area (Å²) in [6.07, 6.45) is 1.40. The van der Waals surface area contributed by atoms with Crippen molar-refractivity contribution in [1.82, 2.24) is 5.32 Å². The van der Waals surface area contributed by atoms with Crippen molar-refractivity contribution in [2.24, 2.45) is 0 Å². The molecule has 0 radical (unpaired) electrons. The van der Waals surface area contributed by atoms with Gasteiger partial charge in [0.25, 0.3) is 11.8 Å². The minimum absolute atomic E-state index is 0.0231. The van der Waals surface area contributed by atoms with E-state index in [4.69, 9.17) is 12.2 Å². The standard InChI is InChI=1S/C19H14I2N2O3S/c1-9-3-4-13(5-10(9)2)23-18(26)14(17(25)22-19(23)27)7-11-6-12(20)8-15(21)16(11)24/h3-8,24H,1-2H3,(H,22,25,27). The SMILES string of the molecule is Cc1ccc(N2C(=O)C(=Cc3cc(I)cc(I)c3O)C(=O)NC2=S)cc1C. The van der Waals surface area contributed by atoms with Crippen molar-refractivity contribution in [2.45, 2.75) is 13.8 Å². The number of carbonyl (C=O) groups excluding carboxylic acids is 2. The third-order valence-electron chi connectivity index (χ3n) is 4.21. The quantitative estimate of drug-likeness (QED) is 0.235. The number of anilines is 1. The number of amides is 2. The molecule has 8 heteroatoms. The van der Waals surface area contributed by atoms with Gasteiger partial charge in [0.1, 0.15) is 11.3 Å². The molecule has 3 rings (SSSR count). The van der Waals surface area contributed by atoms with E-state index < -0.39 is 11.8 Å². The molecule has 1 fully saturated rings. The molecule has 1 saturated heterocycles. The number of thiocarbonyl (C=S) groups is 1. The van der Waals surface area contributed by atoms with Crippen LogP contribution in [0.3, 0.4) is 0 Å². The van der Waals surface area contributed by atoms with Crippen LogP contribution in [0.1, 0.15) is 16.7 Å². The van der Waals surface area contributed by atoms with E-state index in [-0.39, 0.29) is 16.4 Å². The van der Waals surface area contributed by atoms with Gasteiger partial charge in [0.15, 0.2) is 5.11 Å². The second kappa shape index (κ2) is 7.84. The summed E-state index contributed by atoms with van der Waals surface area (Å²) < 4.78 is 1.52. The molecular formula is C19H14I2N2O3S. The molecule has 1 aliphatic heterocycles. The summed E-state index contributed by atoms with van der Waals surface area (Å²) in [5.41, 5.74) is 3.00. The number of nitrogens with one attached hydrogen (secondary N) is 1. The van der Waals surface area contributed by atoms with Crippen LogP contribution in [0.5, 0.6) is 5.75 Å². The zero-order valence-corrected chi connectivity index (χ0v) is 19.5. The van der Waals surface area contributed by atoms with Gasteiger partial charge in [-0.2, -0.15) is 0 Å². The first kappa shape index (κ1) is 20.2. The topological polar surface area (TPSA) is 69.6 Å². The molecule has 2 N–H and O–H groups in total. The Morgan fingerprint density at radius 2 is 1.81 bits per heavy atom. The molecule has 1 heterocycles. The highest BCUT2D eigenvalue weighted by Crippen LogP contribution is 2.30. The number of carbonyl (C=O) groups is 2. The van der Waals surface area contributed by atoms with Crippen LogP contribution in [0.15, 0.2) is 35.9 Å². The van der Waals surface area contributed by atoms with Crippen molar-refractivity contribution in [1.29, 1.82) is 0 Å². The molecule has 1 aliphatic rings. The smallest absolute Gasteiger partial charge is 0.270 e. The first-order chi connectivity index (χ1) is 12.7. The minimum Gasteiger partial charge on any atom is -0.506 e. The zero-order valence-electron chi connectivity index (χ0n) is 14.3. The molecule has 0 aromatic heterocycles. The Kier molecular flexibility index (Phi) is 5.87. The van der Waals surface area contributed by atoms with E-state index in [1.807, 2.05) is 48.6 Å². The van der Waals surface area contributed by atoms with Gasteiger partial charge in [0.2, 0.25) is 0 Å². The molecule has 0 bridgehead atoms. The lowest BCUT2D eigenvalue weighted by Crippen LogP contribution is -2.54. The van der Waals surface area contributed by atoms with E-state index in [2.05, 4.69) is 27.9 Å². The van der Waals surface area contributed by atoms with E-state index in [1.54, 1.807) is 18.2 Å². The van der Waals surface area contributed by atoms with Crippen LogP contribution in [-0.2, 0) is 9.59 Å². The maximum Gasteiger partial charge on any atom is 0.270 e. The van der Waals surface area contributed by atoms with Gasteiger partial charge < -0.3 is 5.11 Å². The van der Waals surface area contributed by atoms with Crippen LogP contribution in [-0.4, -0.2) is 22.0 Å². The molecule has 5 nitrogen and oxygen atoms in total. The van der Waals surface area contributed by atoms with E-state index in [0.717, 1.165) is 14.7 Å². The molecule has 0 saturated carbocycles. The number of rotatable bonds is 2. The van der Waals surface area contributed by atoms with E-state index in [0.29, 0.717) is 14.8 Å². The molecule has 27 heavy (non-hydrogen) atoms. The third kappa shape index (κ3) is 4.02. The lowest BCUT2D eigenvalue weighted by molar-refractivity contribution is -0.122. The van der Waals surface area contributed by atoms with E-state index in [9.17, 15) is 14.7 Å². The van der Waals surface area contributed by atoms with E-state index >= 15 is 0 Å². The Labute approximate surface area is 189 Å². The van der Waals surface area contributed by atoms with Gasteiger partial charge in [-0.25, -0.2) is 0 Å². The van der Waals surface area contributed by atoms with Crippen molar-refractivity contribution < 1.29 is 14.7 Å². The molecule has 0 aliphatic carbocycles. The molecule has 2 amide bonds. The minimum atomic E-state index is -0.585. The van der Waals surface area contributed by atoms with Crippen LogP contribution in [0.25, 0.3) is 6.08 Å². The first-order valence-corrected chi connectivity index (χ1v) is 10.4. The Bertz CT molecular complexity index is 1030. The summed E-state index contributed by atoms with van der Waals surface area (Å²) in [5, 5.41) is 12.9. The summed E-state index contributed by atoms with van der Waals surface area (Å²) >= 11 is 9.34. The van der Waals surface area contributed by atoms with Crippen molar-refractivity contribution in [2.75, 3.05) is 4.90 Å². The van der Waals surface area contributed by atoms with Crippen molar-refractivity contribution in [3.8, 4) is 5.75 Å². The van der Waals surface area contributed by atoms with E-state index in [1.165, 1.54) is 11.0 Å².